The molecule has 0 spiro atoms. The maximum absolute atomic E-state index is 13.3. The van der Waals surface area contributed by atoms with Crippen LogP contribution in [0.15, 0.2) is 59.5 Å². The molecular formula is C23H27ClN4O2S. The van der Waals surface area contributed by atoms with Gasteiger partial charge in [-0.3, -0.25) is 9.58 Å². The molecule has 2 heterocycles. The SMILES string of the molecule is Cc1nn(C)c(C)c1S(=O)(=O)N1CCN(C(c2ccccc2)c2ccc(Cl)cc2)CC1. The lowest BCUT2D eigenvalue weighted by atomic mass is 9.96. The van der Waals surface area contributed by atoms with E-state index in [1.54, 1.807) is 29.9 Å². The van der Waals surface area contributed by atoms with Crippen molar-refractivity contribution in [2.24, 2.45) is 7.05 Å². The maximum atomic E-state index is 13.3. The van der Waals surface area contributed by atoms with Crippen molar-refractivity contribution >= 4 is 21.6 Å². The Balaban J connectivity index is 1.59. The monoisotopic (exact) mass is 458 g/mol. The maximum Gasteiger partial charge on any atom is 0.246 e. The number of halogens is 1. The molecule has 0 amide bonds. The lowest BCUT2D eigenvalue weighted by Crippen LogP contribution is -2.49. The van der Waals surface area contributed by atoms with E-state index in [-0.39, 0.29) is 6.04 Å². The molecule has 1 saturated heterocycles. The second kappa shape index (κ2) is 8.74. The Morgan fingerprint density at radius 3 is 2.03 bits per heavy atom. The fourth-order valence-electron chi connectivity index (χ4n) is 4.35. The Labute approximate surface area is 189 Å². The lowest BCUT2D eigenvalue weighted by molar-refractivity contribution is 0.155. The third-order valence-corrected chi connectivity index (χ3v) is 8.38. The number of nitrogens with zero attached hydrogens (tertiary/aromatic N) is 4. The highest BCUT2D eigenvalue weighted by Crippen LogP contribution is 2.32. The van der Waals surface area contributed by atoms with Gasteiger partial charge in [0.25, 0.3) is 0 Å². The van der Waals surface area contributed by atoms with Crippen molar-refractivity contribution in [3.8, 4) is 0 Å². The van der Waals surface area contributed by atoms with Gasteiger partial charge < -0.3 is 0 Å². The molecule has 0 saturated carbocycles. The number of hydrogen-bond donors (Lipinski definition) is 0. The minimum Gasteiger partial charge on any atom is -0.290 e. The summed E-state index contributed by atoms with van der Waals surface area (Å²) in [7, 11) is -1.81. The van der Waals surface area contributed by atoms with E-state index in [4.69, 9.17) is 11.6 Å². The summed E-state index contributed by atoms with van der Waals surface area (Å²) in [6.07, 6.45) is 0. The van der Waals surface area contributed by atoms with Gasteiger partial charge in [-0.1, -0.05) is 54.1 Å². The average molecular weight is 459 g/mol. The van der Waals surface area contributed by atoms with Gasteiger partial charge in [-0.15, -0.1) is 0 Å². The third-order valence-electron chi connectivity index (χ3n) is 5.98. The molecule has 3 aromatic rings. The molecule has 8 heteroatoms. The molecule has 1 aromatic heterocycles. The van der Waals surface area contributed by atoms with E-state index < -0.39 is 10.0 Å². The largest absolute Gasteiger partial charge is 0.290 e. The van der Waals surface area contributed by atoms with Crippen molar-refractivity contribution < 1.29 is 8.42 Å². The summed E-state index contributed by atoms with van der Waals surface area (Å²) in [6, 6.07) is 18.3. The van der Waals surface area contributed by atoms with Gasteiger partial charge in [-0.25, -0.2) is 8.42 Å². The summed E-state index contributed by atoms with van der Waals surface area (Å²) >= 11 is 6.11. The predicted octanol–water partition coefficient (Wildman–Crippen LogP) is 3.79. The van der Waals surface area contributed by atoms with E-state index in [0.717, 1.165) is 5.56 Å². The van der Waals surface area contributed by atoms with Crippen molar-refractivity contribution in [3.63, 3.8) is 0 Å². The first-order valence-corrected chi connectivity index (χ1v) is 12.2. The minimum absolute atomic E-state index is 0.0465. The molecule has 164 valence electrons. The number of aryl methyl sites for hydroxylation is 2. The van der Waals surface area contributed by atoms with Crippen LogP contribution in [0.5, 0.6) is 0 Å². The van der Waals surface area contributed by atoms with E-state index in [1.807, 2.05) is 42.5 Å². The molecule has 1 aliphatic rings. The summed E-state index contributed by atoms with van der Waals surface area (Å²) in [6.45, 7) is 5.71. The highest BCUT2D eigenvalue weighted by atomic mass is 35.5. The number of rotatable bonds is 5. The average Bonchev–Trinajstić information content (AvgIpc) is 3.02. The first-order chi connectivity index (χ1) is 14.8. The predicted molar refractivity (Wildman–Crippen MR) is 123 cm³/mol. The van der Waals surface area contributed by atoms with Crippen LogP contribution in [0.4, 0.5) is 0 Å². The van der Waals surface area contributed by atoms with Crippen LogP contribution in [0.2, 0.25) is 5.02 Å². The molecule has 0 N–H and O–H groups in total. The molecular weight excluding hydrogens is 432 g/mol. The van der Waals surface area contributed by atoms with Gasteiger partial charge in [0.15, 0.2) is 0 Å². The van der Waals surface area contributed by atoms with Crippen LogP contribution in [0.25, 0.3) is 0 Å². The second-order valence-corrected chi connectivity index (χ2v) is 10.2. The Morgan fingerprint density at radius 2 is 1.48 bits per heavy atom. The van der Waals surface area contributed by atoms with Crippen LogP contribution in [-0.2, 0) is 17.1 Å². The van der Waals surface area contributed by atoms with Crippen LogP contribution in [0.1, 0.15) is 28.6 Å². The van der Waals surface area contributed by atoms with E-state index in [0.29, 0.717) is 47.5 Å². The van der Waals surface area contributed by atoms with E-state index >= 15 is 0 Å². The van der Waals surface area contributed by atoms with Crippen LogP contribution < -0.4 is 0 Å². The van der Waals surface area contributed by atoms with Crippen LogP contribution in [-0.4, -0.2) is 53.6 Å². The zero-order valence-corrected chi connectivity index (χ0v) is 19.6. The first kappa shape index (κ1) is 22.0. The summed E-state index contributed by atoms with van der Waals surface area (Å²) in [4.78, 5) is 2.67. The van der Waals surface area contributed by atoms with Gasteiger partial charge in [0.05, 0.1) is 17.4 Å². The Morgan fingerprint density at radius 1 is 0.903 bits per heavy atom. The molecule has 0 radical (unpaired) electrons. The van der Waals surface area contributed by atoms with Crippen molar-refractivity contribution in [3.05, 3.63) is 82.1 Å². The van der Waals surface area contributed by atoms with Gasteiger partial charge in [-0.05, 0) is 37.1 Å². The topological polar surface area (TPSA) is 58.4 Å². The second-order valence-electron chi connectivity index (χ2n) is 7.93. The molecule has 31 heavy (non-hydrogen) atoms. The van der Waals surface area contributed by atoms with Crippen LogP contribution >= 0.6 is 11.6 Å². The van der Waals surface area contributed by atoms with Gasteiger partial charge in [-0.2, -0.15) is 9.40 Å². The van der Waals surface area contributed by atoms with Crippen molar-refractivity contribution in [2.75, 3.05) is 26.2 Å². The van der Waals surface area contributed by atoms with Gasteiger partial charge in [0.1, 0.15) is 4.90 Å². The third kappa shape index (κ3) is 4.28. The lowest BCUT2D eigenvalue weighted by Gasteiger charge is -2.39. The molecule has 1 unspecified atom stereocenters. The summed E-state index contributed by atoms with van der Waals surface area (Å²) in [5.41, 5.74) is 3.54. The Bertz CT molecular complexity index is 1150. The molecule has 2 aromatic carbocycles. The molecule has 1 atom stereocenters. The standard InChI is InChI=1S/C23H27ClN4O2S/c1-17-23(18(2)26(3)25-17)31(29,30)28-15-13-27(14-16-28)22(19-7-5-4-6-8-19)20-9-11-21(24)12-10-20/h4-12,22H,13-16H2,1-3H3. The Kier molecular flexibility index (Phi) is 6.21. The number of hydrogen-bond acceptors (Lipinski definition) is 4. The van der Waals surface area contributed by atoms with E-state index in [1.165, 1.54) is 5.56 Å². The summed E-state index contributed by atoms with van der Waals surface area (Å²) in [5.74, 6) is 0. The van der Waals surface area contributed by atoms with Crippen LogP contribution in [0, 0.1) is 13.8 Å². The molecule has 1 aliphatic heterocycles. The molecule has 1 fully saturated rings. The van der Waals surface area contributed by atoms with Gasteiger partial charge >= 0.3 is 0 Å². The van der Waals surface area contributed by atoms with Crippen LogP contribution in [0.3, 0.4) is 0 Å². The van der Waals surface area contributed by atoms with Gasteiger partial charge in [0, 0.05) is 38.2 Å². The molecule has 6 nitrogen and oxygen atoms in total. The highest BCUT2D eigenvalue weighted by Gasteiger charge is 2.35. The number of aromatic nitrogens is 2. The number of sulfonamides is 1. The minimum atomic E-state index is -3.58. The Hall–Kier alpha value is -2.19. The summed E-state index contributed by atoms with van der Waals surface area (Å²) in [5, 5.41) is 4.99. The summed E-state index contributed by atoms with van der Waals surface area (Å²) < 4.78 is 29.9. The van der Waals surface area contributed by atoms with E-state index in [2.05, 4.69) is 22.1 Å². The number of benzene rings is 2. The zero-order valence-electron chi connectivity index (χ0n) is 18.0. The fraction of sp³-hybridized carbons (Fsp3) is 0.348. The van der Waals surface area contributed by atoms with Gasteiger partial charge in [0.2, 0.25) is 10.0 Å². The smallest absolute Gasteiger partial charge is 0.246 e. The quantitative estimate of drug-likeness (QED) is 0.583. The van der Waals surface area contributed by atoms with Crippen molar-refractivity contribution in [1.29, 1.82) is 0 Å². The highest BCUT2D eigenvalue weighted by molar-refractivity contribution is 7.89. The normalized spacial score (nSPS) is 17.0. The zero-order chi connectivity index (χ0) is 22.2. The molecule has 0 aliphatic carbocycles. The van der Waals surface area contributed by atoms with Crippen molar-refractivity contribution in [2.45, 2.75) is 24.8 Å². The van der Waals surface area contributed by atoms with Crippen molar-refractivity contribution in [1.82, 2.24) is 19.0 Å². The number of piperazine rings is 1. The first-order valence-electron chi connectivity index (χ1n) is 10.3. The fourth-order valence-corrected chi connectivity index (χ4v) is 6.30. The van der Waals surface area contributed by atoms with E-state index in [9.17, 15) is 8.42 Å². The molecule has 4 rings (SSSR count). The molecule has 0 bridgehead atoms.